The first-order valence-corrected chi connectivity index (χ1v) is 7.28. The van der Waals surface area contributed by atoms with Crippen LogP contribution in [0.5, 0.6) is 0 Å². The van der Waals surface area contributed by atoms with Crippen molar-refractivity contribution in [2.24, 2.45) is 0 Å². The number of carboxylic acids is 1. The third-order valence-corrected chi connectivity index (χ3v) is 4.30. The highest BCUT2D eigenvalue weighted by atomic mass is 79.9. The molecule has 0 aliphatic rings. The molecular weight excluding hydrogens is 328 g/mol. The van der Waals surface area contributed by atoms with Crippen molar-refractivity contribution in [2.45, 2.75) is 6.42 Å². The van der Waals surface area contributed by atoms with Crippen LogP contribution in [0.4, 0.5) is 11.4 Å². The van der Waals surface area contributed by atoms with E-state index in [1.54, 1.807) is 23.5 Å². The molecule has 0 unspecified atom stereocenters. The van der Waals surface area contributed by atoms with Gasteiger partial charge in [-0.1, -0.05) is 0 Å². The minimum absolute atomic E-state index is 0.232. The number of rotatable bonds is 5. The lowest BCUT2D eigenvalue weighted by atomic mass is 10.1. The van der Waals surface area contributed by atoms with E-state index in [1.807, 2.05) is 6.07 Å². The van der Waals surface area contributed by atoms with Crippen molar-refractivity contribution in [3.8, 4) is 0 Å². The van der Waals surface area contributed by atoms with Gasteiger partial charge in [-0.15, -0.1) is 11.3 Å². The number of nitrogens with two attached hydrogens (primary N) is 1. The summed E-state index contributed by atoms with van der Waals surface area (Å²) in [5.74, 6) is -0.953. The van der Waals surface area contributed by atoms with Gasteiger partial charge in [0.05, 0.1) is 20.7 Å². The molecule has 2 aromatic rings. The van der Waals surface area contributed by atoms with Gasteiger partial charge in [-0.2, -0.15) is 0 Å². The van der Waals surface area contributed by atoms with Crippen molar-refractivity contribution < 1.29 is 9.90 Å². The summed E-state index contributed by atoms with van der Waals surface area (Å²) in [7, 11) is 0. The van der Waals surface area contributed by atoms with E-state index < -0.39 is 5.97 Å². The summed E-state index contributed by atoms with van der Waals surface area (Å²) in [5, 5.41) is 12.1. The SMILES string of the molecule is Nc1ccc(C(=O)O)cc1NCCc1ccc(Br)s1. The summed E-state index contributed by atoms with van der Waals surface area (Å²) in [5.41, 5.74) is 7.26. The maximum absolute atomic E-state index is 10.9. The Morgan fingerprint density at radius 3 is 2.79 bits per heavy atom. The molecule has 4 nitrogen and oxygen atoms in total. The summed E-state index contributed by atoms with van der Waals surface area (Å²) >= 11 is 5.11. The third kappa shape index (κ3) is 3.71. The Bertz CT molecular complexity index is 598. The number of anilines is 2. The molecule has 6 heteroatoms. The van der Waals surface area contributed by atoms with Crippen molar-refractivity contribution in [1.29, 1.82) is 0 Å². The summed E-state index contributed by atoms with van der Waals surface area (Å²) in [6, 6.07) is 8.74. The summed E-state index contributed by atoms with van der Waals surface area (Å²) < 4.78 is 1.11. The Morgan fingerprint density at radius 2 is 2.16 bits per heavy atom. The Hall–Kier alpha value is -1.53. The zero-order chi connectivity index (χ0) is 13.8. The average Bonchev–Trinajstić information content (AvgIpc) is 2.77. The van der Waals surface area contributed by atoms with Crippen molar-refractivity contribution in [2.75, 3.05) is 17.6 Å². The molecule has 1 heterocycles. The van der Waals surface area contributed by atoms with Gasteiger partial charge < -0.3 is 16.2 Å². The van der Waals surface area contributed by atoms with Crippen molar-refractivity contribution in [3.05, 3.63) is 44.6 Å². The Kier molecular flexibility index (Phi) is 4.44. The second kappa shape index (κ2) is 6.08. The van der Waals surface area contributed by atoms with Crippen LogP contribution >= 0.6 is 27.3 Å². The van der Waals surface area contributed by atoms with Crippen LogP contribution in [0.25, 0.3) is 0 Å². The normalized spacial score (nSPS) is 10.4. The number of nitrogen functional groups attached to an aromatic ring is 1. The van der Waals surface area contributed by atoms with Crippen LogP contribution < -0.4 is 11.1 Å². The lowest BCUT2D eigenvalue weighted by molar-refractivity contribution is 0.0697. The highest BCUT2D eigenvalue weighted by molar-refractivity contribution is 9.11. The fourth-order valence-corrected chi connectivity index (χ4v) is 3.13. The zero-order valence-corrected chi connectivity index (χ0v) is 12.4. The second-order valence-corrected chi connectivity index (χ2v) is 6.54. The molecule has 0 fully saturated rings. The van der Waals surface area contributed by atoms with Crippen LogP contribution in [0.2, 0.25) is 0 Å². The molecule has 0 aliphatic carbocycles. The summed E-state index contributed by atoms with van der Waals surface area (Å²) in [6.45, 7) is 0.709. The molecule has 4 N–H and O–H groups in total. The monoisotopic (exact) mass is 340 g/mol. The number of aromatic carboxylic acids is 1. The number of hydrogen-bond donors (Lipinski definition) is 3. The third-order valence-electron chi connectivity index (χ3n) is 2.62. The van der Waals surface area contributed by atoms with E-state index in [-0.39, 0.29) is 5.56 Å². The van der Waals surface area contributed by atoms with Crippen LogP contribution in [0.3, 0.4) is 0 Å². The number of hydrogen-bond acceptors (Lipinski definition) is 4. The molecule has 2 rings (SSSR count). The summed E-state index contributed by atoms with van der Waals surface area (Å²) in [4.78, 5) is 12.1. The average molecular weight is 341 g/mol. The number of halogens is 1. The van der Waals surface area contributed by atoms with Gasteiger partial charge in [-0.05, 0) is 52.7 Å². The smallest absolute Gasteiger partial charge is 0.335 e. The first-order valence-electron chi connectivity index (χ1n) is 5.67. The van der Waals surface area contributed by atoms with Gasteiger partial charge in [0.15, 0.2) is 0 Å². The molecule has 0 radical (unpaired) electrons. The van der Waals surface area contributed by atoms with E-state index in [2.05, 4.69) is 27.3 Å². The largest absolute Gasteiger partial charge is 0.478 e. The fourth-order valence-electron chi connectivity index (χ4n) is 1.65. The number of thiophene rings is 1. The predicted octanol–water partition coefficient (Wildman–Crippen LogP) is 3.45. The standard InChI is InChI=1S/C13H13BrN2O2S/c14-12-4-2-9(19-12)5-6-16-11-7-8(13(17)18)1-3-10(11)15/h1-4,7,16H,5-6,15H2,(H,17,18). The van der Waals surface area contributed by atoms with E-state index in [0.717, 1.165) is 10.2 Å². The first kappa shape index (κ1) is 13.9. The Balaban J connectivity index is 1.99. The quantitative estimate of drug-likeness (QED) is 0.728. The van der Waals surface area contributed by atoms with E-state index in [4.69, 9.17) is 10.8 Å². The minimum atomic E-state index is -0.953. The van der Waals surface area contributed by atoms with Gasteiger partial charge in [0.2, 0.25) is 0 Å². The molecule has 19 heavy (non-hydrogen) atoms. The fraction of sp³-hybridized carbons (Fsp3) is 0.154. The zero-order valence-electron chi connectivity index (χ0n) is 10.0. The maximum atomic E-state index is 10.9. The second-order valence-electron chi connectivity index (χ2n) is 3.99. The van der Waals surface area contributed by atoms with E-state index in [9.17, 15) is 4.79 Å². The van der Waals surface area contributed by atoms with Crippen LogP contribution in [0, 0.1) is 0 Å². The number of carboxylic acid groups (broad SMARTS) is 1. The van der Waals surface area contributed by atoms with E-state index >= 15 is 0 Å². The molecule has 0 atom stereocenters. The highest BCUT2D eigenvalue weighted by Crippen LogP contribution is 2.23. The molecule has 0 spiro atoms. The first-order chi connectivity index (χ1) is 9.06. The van der Waals surface area contributed by atoms with Crippen LogP contribution in [-0.2, 0) is 6.42 Å². The van der Waals surface area contributed by atoms with Gasteiger partial charge in [-0.25, -0.2) is 4.79 Å². The molecule has 0 bridgehead atoms. The molecule has 100 valence electrons. The van der Waals surface area contributed by atoms with Crippen LogP contribution in [0.1, 0.15) is 15.2 Å². The van der Waals surface area contributed by atoms with Crippen molar-refractivity contribution in [1.82, 2.24) is 0 Å². The van der Waals surface area contributed by atoms with E-state index in [1.165, 1.54) is 10.9 Å². The molecule has 0 amide bonds. The van der Waals surface area contributed by atoms with Crippen molar-refractivity contribution >= 4 is 44.6 Å². The minimum Gasteiger partial charge on any atom is -0.478 e. The topological polar surface area (TPSA) is 75.4 Å². The van der Waals surface area contributed by atoms with Gasteiger partial charge >= 0.3 is 5.97 Å². The van der Waals surface area contributed by atoms with Gasteiger partial charge in [0.1, 0.15) is 0 Å². The van der Waals surface area contributed by atoms with Gasteiger partial charge in [0, 0.05) is 11.4 Å². The molecule has 1 aromatic heterocycles. The molecular formula is C13H13BrN2O2S. The van der Waals surface area contributed by atoms with E-state index in [0.29, 0.717) is 17.9 Å². The van der Waals surface area contributed by atoms with Crippen LogP contribution in [-0.4, -0.2) is 17.6 Å². The number of carbonyl (C=O) groups is 1. The lowest BCUT2D eigenvalue weighted by Gasteiger charge is -2.09. The van der Waals surface area contributed by atoms with Gasteiger partial charge in [-0.3, -0.25) is 0 Å². The van der Waals surface area contributed by atoms with Gasteiger partial charge in [0.25, 0.3) is 0 Å². The predicted molar refractivity (Wildman–Crippen MR) is 82.0 cm³/mol. The molecule has 1 aromatic carbocycles. The number of benzene rings is 1. The molecule has 0 saturated heterocycles. The lowest BCUT2D eigenvalue weighted by Crippen LogP contribution is -2.07. The maximum Gasteiger partial charge on any atom is 0.335 e. The Morgan fingerprint density at radius 1 is 1.37 bits per heavy atom. The van der Waals surface area contributed by atoms with Crippen molar-refractivity contribution in [3.63, 3.8) is 0 Å². The molecule has 0 aliphatic heterocycles. The highest BCUT2D eigenvalue weighted by Gasteiger charge is 2.06. The van der Waals surface area contributed by atoms with Crippen LogP contribution in [0.15, 0.2) is 34.1 Å². The summed E-state index contributed by atoms with van der Waals surface area (Å²) in [6.07, 6.45) is 0.868. The Labute approximate surface area is 123 Å². The number of nitrogens with one attached hydrogen (secondary N) is 1. The molecule has 0 saturated carbocycles.